The van der Waals surface area contributed by atoms with Crippen molar-refractivity contribution in [2.75, 3.05) is 44.2 Å². The average molecular weight is 299 g/mol. The summed E-state index contributed by atoms with van der Waals surface area (Å²) in [5.74, 6) is 3.89. The summed E-state index contributed by atoms with van der Waals surface area (Å²) >= 11 is 2.00. The standard InChI is InChI=1S/C15H30N4S/c1-13-5-4-6-19(11-13)15(2,3)12-17-14(16)18-7-9-20-10-8-18/h13H,4-12H2,1-3H3,(H2,16,17). The number of piperidine rings is 1. The molecule has 2 aliphatic rings. The molecule has 1 unspecified atom stereocenters. The van der Waals surface area contributed by atoms with Gasteiger partial charge in [0.15, 0.2) is 5.96 Å². The minimum Gasteiger partial charge on any atom is -0.370 e. The van der Waals surface area contributed by atoms with E-state index in [1.807, 2.05) is 11.8 Å². The van der Waals surface area contributed by atoms with E-state index < -0.39 is 0 Å². The van der Waals surface area contributed by atoms with Crippen LogP contribution in [0.3, 0.4) is 0 Å². The first-order valence-corrected chi connectivity index (χ1v) is 9.02. The highest BCUT2D eigenvalue weighted by Crippen LogP contribution is 2.24. The summed E-state index contributed by atoms with van der Waals surface area (Å²) in [6.07, 6.45) is 2.68. The maximum Gasteiger partial charge on any atom is 0.191 e. The van der Waals surface area contributed by atoms with Gasteiger partial charge in [-0.05, 0) is 39.2 Å². The number of thioether (sulfide) groups is 1. The van der Waals surface area contributed by atoms with E-state index >= 15 is 0 Å². The molecule has 0 spiro atoms. The van der Waals surface area contributed by atoms with Crippen molar-refractivity contribution in [1.82, 2.24) is 9.80 Å². The van der Waals surface area contributed by atoms with Gasteiger partial charge in [-0.2, -0.15) is 11.8 Å². The highest BCUT2D eigenvalue weighted by atomic mass is 32.2. The largest absolute Gasteiger partial charge is 0.370 e. The Morgan fingerprint density at radius 2 is 2.00 bits per heavy atom. The van der Waals surface area contributed by atoms with Gasteiger partial charge in [-0.1, -0.05) is 6.92 Å². The van der Waals surface area contributed by atoms with Crippen LogP contribution in [-0.2, 0) is 0 Å². The lowest BCUT2D eigenvalue weighted by molar-refractivity contribution is 0.0773. The van der Waals surface area contributed by atoms with E-state index in [0.717, 1.165) is 31.5 Å². The molecular weight excluding hydrogens is 268 g/mol. The predicted octanol–water partition coefficient (Wildman–Crippen LogP) is 1.86. The molecule has 0 saturated carbocycles. The van der Waals surface area contributed by atoms with Crippen molar-refractivity contribution in [3.05, 3.63) is 0 Å². The van der Waals surface area contributed by atoms with Gasteiger partial charge in [0.05, 0.1) is 6.54 Å². The van der Waals surface area contributed by atoms with Crippen LogP contribution >= 0.6 is 11.8 Å². The van der Waals surface area contributed by atoms with E-state index in [2.05, 4.69) is 35.6 Å². The molecule has 0 amide bonds. The summed E-state index contributed by atoms with van der Waals surface area (Å²) < 4.78 is 0. The van der Waals surface area contributed by atoms with Crippen LogP contribution in [0.1, 0.15) is 33.6 Å². The molecule has 0 aromatic rings. The van der Waals surface area contributed by atoms with Gasteiger partial charge in [-0.15, -0.1) is 0 Å². The maximum absolute atomic E-state index is 6.16. The van der Waals surface area contributed by atoms with Gasteiger partial charge >= 0.3 is 0 Å². The minimum absolute atomic E-state index is 0.115. The zero-order valence-electron chi connectivity index (χ0n) is 13.3. The number of hydrogen-bond donors (Lipinski definition) is 1. The third-order valence-corrected chi connectivity index (χ3v) is 5.42. The molecule has 4 nitrogen and oxygen atoms in total. The first-order chi connectivity index (χ1) is 9.49. The molecule has 1 atom stereocenters. The number of aliphatic imine (C=N–C) groups is 1. The van der Waals surface area contributed by atoms with E-state index in [4.69, 9.17) is 5.73 Å². The van der Waals surface area contributed by atoms with Crippen LogP contribution < -0.4 is 5.73 Å². The SMILES string of the molecule is CC1CCCN(C(C)(C)CN=C(N)N2CCSCC2)C1. The Bertz CT molecular complexity index is 337. The Labute approximate surface area is 128 Å². The van der Waals surface area contributed by atoms with Crippen LogP contribution in [0.5, 0.6) is 0 Å². The molecule has 0 aromatic heterocycles. The summed E-state index contributed by atoms with van der Waals surface area (Å²) in [6, 6.07) is 0. The number of nitrogens with zero attached hydrogens (tertiary/aromatic N) is 3. The monoisotopic (exact) mass is 298 g/mol. The molecule has 0 bridgehead atoms. The van der Waals surface area contributed by atoms with E-state index in [9.17, 15) is 0 Å². The second kappa shape index (κ2) is 7.03. The van der Waals surface area contributed by atoms with Crippen LogP contribution in [0, 0.1) is 5.92 Å². The molecule has 0 radical (unpaired) electrons. The van der Waals surface area contributed by atoms with Gasteiger partial charge < -0.3 is 10.6 Å². The van der Waals surface area contributed by atoms with Crippen LogP contribution in [0.4, 0.5) is 0 Å². The zero-order valence-corrected chi connectivity index (χ0v) is 14.1. The van der Waals surface area contributed by atoms with Crippen molar-refractivity contribution in [3.8, 4) is 0 Å². The smallest absolute Gasteiger partial charge is 0.191 e. The van der Waals surface area contributed by atoms with Crippen molar-refractivity contribution in [2.45, 2.75) is 39.2 Å². The lowest BCUT2D eigenvalue weighted by Crippen LogP contribution is -2.51. The number of guanidine groups is 1. The van der Waals surface area contributed by atoms with Crippen molar-refractivity contribution >= 4 is 17.7 Å². The zero-order chi connectivity index (χ0) is 14.6. The number of rotatable bonds is 3. The van der Waals surface area contributed by atoms with Crippen LogP contribution in [0.2, 0.25) is 0 Å². The second-order valence-corrected chi connectivity index (χ2v) is 8.00. The van der Waals surface area contributed by atoms with E-state index in [1.54, 1.807) is 0 Å². The maximum atomic E-state index is 6.16. The predicted molar refractivity (Wildman–Crippen MR) is 89.4 cm³/mol. The normalized spacial score (nSPS) is 26.9. The van der Waals surface area contributed by atoms with E-state index in [-0.39, 0.29) is 5.54 Å². The van der Waals surface area contributed by atoms with Crippen molar-refractivity contribution in [2.24, 2.45) is 16.6 Å². The van der Waals surface area contributed by atoms with Crippen molar-refractivity contribution < 1.29 is 0 Å². The molecule has 2 heterocycles. The molecule has 0 aromatic carbocycles. The van der Waals surface area contributed by atoms with Crippen LogP contribution in [-0.4, -0.2) is 65.5 Å². The number of nitrogens with two attached hydrogens (primary N) is 1. The van der Waals surface area contributed by atoms with E-state index in [1.165, 1.54) is 37.4 Å². The lowest BCUT2D eigenvalue weighted by atomic mass is 9.94. The minimum atomic E-state index is 0.115. The summed E-state index contributed by atoms with van der Waals surface area (Å²) in [7, 11) is 0. The molecule has 0 aliphatic carbocycles. The fourth-order valence-electron chi connectivity index (χ4n) is 3.01. The quantitative estimate of drug-likeness (QED) is 0.638. The number of hydrogen-bond acceptors (Lipinski definition) is 3. The summed E-state index contributed by atoms with van der Waals surface area (Å²) in [5.41, 5.74) is 6.28. The van der Waals surface area contributed by atoms with Gasteiger partial charge in [0.1, 0.15) is 0 Å². The molecular formula is C15H30N4S. The van der Waals surface area contributed by atoms with Gasteiger partial charge in [-0.25, -0.2) is 0 Å². The highest BCUT2D eigenvalue weighted by molar-refractivity contribution is 7.99. The molecule has 2 saturated heterocycles. The fraction of sp³-hybridized carbons (Fsp3) is 0.933. The lowest BCUT2D eigenvalue weighted by Gasteiger charge is -2.42. The molecule has 20 heavy (non-hydrogen) atoms. The first kappa shape index (κ1) is 16.0. The Morgan fingerprint density at radius 1 is 1.30 bits per heavy atom. The second-order valence-electron chi connectivity index (χ2n) is 6.78. The van der Waals surface area contributed by atoms with Crippen LogP contribution in [0.25, 0.3) is 0 Å². The van der Waals surface area contributed by atoms with Gasteiger partial charge in [-0.3, -0.25) is 9.89 Å². The van der Waals surface area contributed by atoms with Gasteiger partial charge in [0.2, 0.25) is 0 Å². The van der Waals surface area contributed by atoms with Crippen molar-refractivity contribution in [1.29, 1.82) is 0 Å². The number of likely N-dealkylation sites (tertiary alicyclic amines) is 1. The van der Waals surface area contributed by atoms with Gasteiger partial charge in [0, 0.05) is 36.7 Å². The molecule has 116 valence electrons. The molecule has 2 fully saturated rings. The first-order valence-electron chi connectivity index (χ1n) is 7.87. The third-order valence-electron chi connectivity index (χ3n) is 4.48. The Morgan fingerprint density at radius 3 is 2.65 bits per heavy atom. The van der Waals surface area contributed by atoms with Gasteiger partial charge in [0.25, 0.3) is 0 Å². The van der Waals surface area contributed by atoms with E-state index in [0.29, 0.717) is 0 Å². The van der Waals surface area contributed by atoms with Crippen LogP contribution in [0.15, 0.2) is 4.99 Å². The Balaban J connectivity index is 1.89. The molecule has 2 rings (SSSR count). The Kier molecular flexibility index (Phi) is 5.61. The summed E-state index contributed by atoms with van der Waals surface area (Å²) in [4.78, 5) is 9.50. The third kappa shape index (κ3) is 4.29. The fourth-order valence-corrected chi connectivity index (χ4v) is 3.91. The molecule has 5 heteroatoms. The van der Waals surface area contributed by atoms with Crippen molar-refractivity contribution in [3.63, 3.8) is 0 Å². The Hall–Kier alpha value is -0.420. The molecule has 2 N–H and O–H groups in total. The highest BCUT2D eigenvalue weighted by Gasteiger charge is 2.30. The summed E-state index contributed by atoms with van der Waals surface area (Å²) in [5, 5.41) is 0. The topological polar surface area (TPSA) is 44.9 Å². The molecule has 2 aliphatic heterocycles. The average Bonchev–Trinajstić information content (AvgIpc) is 2.46. The summed E-state index contributed by atoms with van der Waals surface area (Å²) in [6.45, 7) is 12.2.